The molecule has 1 N–H and O–H groups in total. The first-order valence-electron chi connectivity index (χ1n) is 4.53. The van der Waals surface area contributed by atoms with Crippen molar-refractivity contribution in [2.24, 2.45) is 0 Å². The molecule has 5 heteroatoms. The quantitative estimate of drug-likeness (QED) is 0.855. The second-order valence-corrected chi connectivity index (χ2v) is 3.56. The standard InChI is InChI=1S/C11H8F2O3/c1-11(12,13)9-5-6-2-3-7(10(14)15)4-8(6)16-9/h2-5H,1H3,(H,14,15). The Labute approximate surface area is 89.3 Å². The summed E-state index contributed by atoms with van der Waals surface area (Å²) in [6.07, 6.45) is 0. The van der Waals surface area contributed by atoms with Crippen LogP contribution in [0.4, 0.5) is 8.78 Å². The van der Waals surface area contributed by atoms with Crippen LogP contribution in [0.5, 0.6) is 0 Å². The Kier molecular flexibility index (Phi) is 2.18. The van der Waals surface area contributed by atoms with Crippen molar-refractivity contribution in [3.63, 3.8) is 0 Å². The van der Waals surface area contributed by atoms with Gasteiger partial charge in [-0.15, -0.1) is 0 Å². The molecule has 0 bridgehead atoms. The third-order valence-electron chi connectivity index (χ3n) is 2.20. The van der Waals surface area contributed by atoms with Crippen molar-refractivity contribution < 1.29 is 23.1 Å². The average molecular weight is 226 g/mol. The number of hydrogen-bond acceptors (Lipinski definition) is 2. The molecule has 0 fully saturated rings. The number of aromatic carboxylic acids is 1. The zero-order chi connectivity index (χ0) is 11.9. The Morgan fingerprint density at radius 1 is 1.38 bits per heavy atom. The molecule has 1 heterocycles. The summed E-state index contributed by atoms with van der Waals surface area (Å²) in [4.78, 5) is 10.7. The summed E-state index contributed by atoms with van der Waals surface area (Å²) < 4.78 is 30.8. The van der Waals surface area contributed by atoms with Crippen molar-refractivity contribution in [3.05, 3.63) is 35.6 Å². The van der Waals surface area contributed by atoms with E-state index in [1.165, 1.54) is 24.3 Å². The first-order chi connectivity index (χ1) is 7.38. The van der Waals surface area contributed by atoms with Crippen molar-refractivity contribution in [1.29, 1.82) is 0 Å². The molecular formula is C11H8F2O3. The Bertz CT molecular complexity index is 552. The van der Waals surface area contributed by atoms with E-state index in [1.54, 1.807) is 0 Å². The molecule has 2 aromatic rings. The van der Waals surface area contributed by atoms with Gasteiger partial charge in [0.2, 0.25) is 0 Å². The number of hydrogen-bond donors (Lipinski definition) is 1. The Balaban J connectivity index is 2.59. The third kappa shape index (κ3) is 1.76. The fourth-order valence-corrected chi connectivity index (χ4v) is 1.38. The summed E-state index contributed by atoms with van der Waals surface area (Å²) in [5, 5.41) is 9.18. The van der Waals surface area contributed by atoms with E-state index in [9.17, 15) is 13.6 Å². The van der Waals surface area contributed by atoms with E-state index in [2.05, 4.69) is 0 Å². The molecule has 0 radical (unpaired) electrons. The summed E-state index contributed by atoms with van der Waals surface area (Å²) in [6.45, 7) is 0.725. The van der Waals surface area contributed by atoms with Crippen molar-refractivity contribution in [2.75, 3.05) is 0 Å². The van der Waals surface area contributed by atoms with Crippen molar-refractivity contribution in [2.45, 2.75) is 12.8 Å². The molecule has 84 valence electrons. The van der Waals surface area contributed by atoms with Crippen LogP contribution in [-0.2, 0) is 5.92 Å². The summed E-state index contributed by atoms with van der Waals surface area (Å²) in [5.41, 5.74) is 0.157. The first-order valence-corrected chi connectivity index (χ1v) is 4.53. The zero-order valence-electron chi connectivity index (χ0n) is 8.33. The number of alkyl halides is 2. The maximum Gasteiger partial charge on any atom is 0.335 e. The van der Waals surface area contributed by atoms with Crippen LogP contribution in [0.3, 0.4) is 0 Å². The van der Waals surface area contributed by atoms with Crippen LogP contribution in [-0.4, -0.2) is 11.1 Å². The molecule has 3 nitrogen and oxygen atoms in total. The molecule has 16 heavy (non-hydrogen) atoms. The minimum absolute atomic E-state index is 0.00724. The molecule has 0 saturated carbocycles. The molecule has 1 aromatic carbocycles. The minimum Gasteiger partial charge on any atom is -0.478 e. The lowest BCUT2D eigenvalue weighted by Gasteiger charge is -2.03. The number of rotatable bonds is 2. The van der Waals surface area contributed by atoms with E-state index in [4.69, 9.17) is 9.52 Å². The molecule has 0 saturated heterocycles. The van der Waals surface area contributed by atoms with E-state index >= 15 is 0 Å². The van der Waals surface area contributed by atoms with Gasteiger partial charge in [-0.25, -0.2) is 4.79 Å². The topological polar surface area (TPSA) is 50.4 Å². The summed E-state index contributed by atoms with van der Waals surface area (Å²) >= 11 is 0. The van der Waals surface area contributed by atoms with Gasteiger partial charge in [-0.05, 0) is 18.2 Å². The van der Waals surface area contributed by atoms with Crippen LogP contribution in [0, 0.1) is 0 Å². The second-order valence-electron chi connectivity index (χ2n) is 3.56. The van der Waals surface area contributed by atoms with Crippen LogP contribution in [0.2, 0.25) is 0 Å². The van der Waals surface area contributed by atoms with Crippen LogP contribution in [0.25, 0.3) is 11.0 Å². The molecule has 2 rings (SSSR count). The van der Waals surface area contributed by atoms with Gasteiger partial charge in [0.15, 0.2) is 5.76 Å². The Morgan fingerprint density at radius 3 is 2.62 bits per heavy atom. The van der Waals surface area contributed by atoms with Gasteiger partial charge >= 0.3 is 11.9 Å². The monoisotopic (exact) mass is 226 g/mol. The van der Waals surface area contributed by atoms with Gasteiger partial charge in [0.25, 0.3) is 0 Å². The molecule has 0 amide bonds. The first kappa shape index (κ1) is 10.6. The maximum absolute atomic E-state index is 12.9. The number of furan rings is 1. The van der Waals surface area contributed by atoms with Gasteiger partial charge in [0.1, 0.15) is 5.58 Å². The highest BCUT2D eigenvalue weighted by molar-refractivity contribution is 5.92. The van der Waals surface area contributed by atoms with E-state index < -0.39 is 17.7 Å². The zero-order valence-corrected chi connectivity index (χ0v) is 8.33. The van der Waals surface area contributed by atoms with Crippen LogP contribution < -0.4 is 0 Å². The average Bonchev–Trinajstić information content (AvgIpc) is 2.58. The Hall–Kier alpha value is -1.91. The highest BCUT2D eigenvalue weighted by atomic mass is 19.3. The van der Waals surface area contributed by atoms with Gasteiger partial charge in [0.05, 0.1) is 5.56 Å². The second kappa shape index (κ2) is 3.30. The van der Waals surface area contributed by atoms with Crippen LogP contribution >= 0.6 is 0 Å². The van der Waals surface area contributed by atoms with E-state index in [1.807, 2.05) is 0 Å². The predicted octanol–water partition coefficient (Wildman–Crippen LogP) is 3.24. The molecule has 0 aliphatic heterocycles. The summed E-state index contributed by atoms with van der Waals surface area (Å²) in [7, 11) is 0. The number of carbonyl (C=O) groups is 1. The number of carboxylic acids is 1. The fourth-order valence-electron chi connectivity index (χ4n) is 1.38. The van der Waals surface area contributed by atoms with Crippen LogP contribution in [0.1, 0.15) is 23.0 Å². The molecule has 1 aromatic heterocycles. The SMILES string of the molecule is CC(F)(F)c1cc2ccc(C(=O)O)cc2o1. The van der Waals surface area contributed by atoms with Crippen molar-refractivity contribution in [1.82, 2.24) is 0 Å². The van der Waals surface area contributed by atoms with Gasteiger partial charge in [-0.3, -0.25) is 0 Å². The summed E-state index contributed by atoms with van der Waals surface area (Å²) in [5.74, 6) is -4.66. The molecule has 0 aliphatic carbocycles. The number of benzene rings is 1. The lowest BCUT2D eigenvalue weighted by Crippen LogP contribution is -2.04. The van der Waals surface area contributed by atoms with Gasteiger partial charge in [0, 0.05) is 12.3 Å². The predicted molar refractivity (Wildman–Crippen MR) is 52.7 cm³/mol. The lowest BCUT2D eigenvalue weighted by atomic mass is 10.1. The summed E-state index contributed by atoms with van der Waals surface area (Å²) in [6, 6.07) is 5.23. The van der Waals surface area contributed by atoms with Gasteiger partial charge in [-0.1, -0.05) is 6.07 Å². The molecule has 0 atom stereocenters. The Morgan fingerprint density at radius 2 is 2.06 bits per heavy atom. The lowest BCUT2D eigenvalue weighted by molar-refractivity contribution is -0.00382. The molecule has 0 spiro atoms. The van der Waals surface area contributed by atoms with Crippen LogP contribution in [0.15, 0.2) is 28.7 Å². The highest BCUT2D eigenvalue weighted by Crippen LogP contribution is 2.32. The largest absolute Gasteiger partial charge is 0.478 e. The third-order valence-corrected chi connectivity index (χ3v) is 2.20. The van der Waals surface area contributed by atoms with Gasteiger partial charge < -0.3 is 9.52 Å². The van der Waals surface area contributed by atoms with Gasteiger partial charge in [-0.2, -0.15) is 8.78 Å². The van der Waals surface area contributed by atoms with E-state index in [0.29, 0.717) is 5.39 Å². The van der Waals surface area contributed by atoms with E-state index in [-0.39, 0.29) is 11.1 Å². The van der Waals surface area contributed by atoms with E-state index in [0.717, 1.165) is 6.92 Å². The molecule has 0 aliphatic rings. The molecule has 0 unspecified atom stereocenters. The maximum atomic E-state index is 12.9. The number of fused-ring (bicyclic) bond motifs is 1. The van der Waals surface area contributed by atoms with Crippen molar-refractivity contribution in [3.8, 4) is 0 Å². The highest BCUT2D eigenvalue weighted by Gasteiger charge is 2.29. The number of carboxylic acid groups (broad SMARTS) is 1. The normalized spacial score (nSPS) is 11.9. The number of halogens is 2. The molecular weight excluding hydrogens is 218 g/mol. The minimum atomic E-state index is -3.07. The fraction of sp³-hybridized carbons (Fsp3) is 0.182. The smallest absolute Gasteiger partial charge is 0.335 e. The van der Waals surface area contributed by atoms with Crippen molar-refractivity contribution >= 4 is 16.9 Å².